The second-order valence-corrected chi connectivity index (χ2v) is 5.15. The quantitative estimate of drug-likeness (QED) is 0.595. The number of allylic oxidation sites excluding steroid dienone is 1. The Hall–Kier alpha value is -1.71. The van der Waals surface area contributed by atoms with E-state index >= 15 is 0 Å². The zero-order valence-corrected chi connectivity index (χ0v) is 10.8. The standard InChI is InChI=1S/C14H14N2S/c1-11(2)10-17-14-5-3-4-12(7-14)6-13(8-15)9-16/h3-7,11H,10H2,1-2H3. The van der Waals surface area contributed by atoms with Crippen molar-refractivity contribution >= 4 is 17.8 Å². The van der Waals surface area contributed by atoms with Gasteiger partial charge in [0.1, 0.15) is 17.7 Å². The van der Waals surface area contributed by atoms with E-state index in [2.05, 4.69) is 13.8 Å². The Bertz CT molecular complexity index is 474. The summed E-state index contributed by atoms with van der Waals surface area (Å²) in [5, 5.41) is 17.4. The lowest BCUT2D eigenvalue weighted by Gasteiger charge is -2.05. The first-order valence-electron chi connectivity index (χ1n) is 5.40. The van der Waals surface area contributed by atoms with E-state index in [4.69, 9.17) is 10.5 Å². The molecule has 0 aliphatic heterocycles. The summed E-state index contributed by atoms with van der Waals surface area (Å²) < 4.78 is 0. The minimum absolute atomic E-state index is 0.135. The van der Waals surface area contributed by atoms with Crippen LogP contribution >= 0.6 is 11.8 Å². The third kappa shape index (κ3) is 4.76. The molecule has 3 heteroatoms. The summed E-state index contributed by atoms with van der Waals surface area (Å²) in [6.45, 7) is 4.36. The second-order valence-electron chi connectivity index (χ2n) is 4.06. The molecule has 1 aromatic rings. The summed E-state index contributed by atoms with van der Waals surface area (Å²) in [4.78, 5) is 1.17. The van der Waals surface area contributed by atoms with Crippen molar-refractivity contribution in [1.82, 2.24) is 0 Å². The molecular weight excluding hydrogens is 228 g/mol. The Labute approximate surface area is 107 Å². The van der Waals surface area contributed by atoms with Crippen LogP contribution in [0, 0.1) is 28.6 Å². The van der Waals surface area contributed by atoms with E-state index in [0.717, 1.165) is 11.3 Å². The fraction of sp³-hybridized carbons (Fsp3) is 0.286. The summed E-state index contributed by atoms with van der Waals surface area (Å²) in [5.41, 5.74) is 1.04. The normalized spacial score (nSPS) is 9.47. The number of hydrogen-bond acceptors (Lipinski definition) is 3. The molecule has 0 atom stereocenters. The van der Waals surface area contributed by atoms with Crippen molar-refractivity contribution in [3.8, 4) is 12.1 Å². The van der Waals surface area contributed by atoms with E-state index in [1.54, 1.807) is 17.8 Å². The number of benzene rings is 1. The van der Waals surface area contributed by atoms with Gasteiger partial charge < -0.3 is 0 Å². The minimum atomic E-state index is 0.135. The van der Waals surface area contributed by atoms with Crippen LogP contribution < -0.4 is 0 Å². The molecule has 1 aromatic carbocycles. The van der Waals surface area contributed by atoms with Crippen LogP contribution in [-0.2, 0) is 0 Å². The maximum Gasteiger partial charge on any atom is 0.130 e. The van der Waals surface area contributed by atoms with Crippen molar-refractivity contribution in [2.24, 2.45) is 5.92 Å². The molecule has 0 aliphatic carbocycles. The third-order valence-corrected chi connectivity index (χ3v) is 3.41. The lowest BCUT2D eigenvalue weighted by atomic mass is 10.1. The average molecular weight is 242 g/mol. The van der Waals surface area contributed by atoms with E-state index in [1.807, 2.05) is 36.4 Å². The largest absolute Gasteiger partial charge is 0.192 e. The minimum Gasteiger partial charge on any atom is -0.192 e. The van der Waals surface area contributed by atoms with Crippen molar-refractivity contribution < 1.29 is 0 Å². The summed E-state index contributed by atoms with van der Waals surface area (Å²) >= 11 is 1.79. The van der Waals surface area contributed by atoms with Crippen molar-refractivity contribution in [3.63, 3.8) is 0 Å². The highest BCUT2D eigenvalue weighted by Crippen LogP contribution is 2.22. The highest BCUT2D eigenvalue weighted by Gasteiger charge is 1.99. The van der Waals surface area contributed by atoms with Gasteiger partial charge in [0.15, 0.2) is 0 Å². The zero-order chi connectivity index (χ0) is 12.7. The van der Waals surface area contributed by atoms with Gasteiger partial charge in [0.05, 0.1) is 0 Å². The first-order chi connectivity index (χ1) is 8.15. The van der Waals surface area contributed by atoms with Crippen LogP contribution in [0.2, 0.25) is 0 Å². The van der Waals surface area contributed by atoms with Crippen LogP contribution in [-0.4, -0.2) is 5.75 Å². The Morgan fingerprint density at radius 2 is 2.06 bits per heavy atom. The topological polar surface area (TPSA) is 47.6 Å². The first kappa shape index (κ1) is 13.4. The van der Waals surface area contributed by atoms with Gasteiger partial charge in [0, 0.05) is 10.6 Å². The molecule has 0 unspecified atom stereocenters. The van der Waals surface area contributed by atoms with Crippen molar-refractivity contribution in [3.05, 3.63) is 35.4 Å². The molecule has 0 heterocycles. The molecule has 0 saturated carbocycles. The molecule has 0 bridgehead atoms. The number of hydrogen-bond donors (Lipinski definition) is 0. The fourth-order valence-electron chi connectivity index (χ4n) is 1.21. The Morgan fingerprint density at radius 3 is 2.65 bits per heavy atom. The van der Waals surface area contributed by atoms with Crippen molar-refractivity contribution in [1.29, 1.82) is 10.5 Å². The predicted molar refractivity (Wildman–Crippen MR) is 71.2 cm³/mol. The second kappa shape index (κ2) is 6.78. The lowest BCUT2D eigenvalue weighted by molar-refractivity contribution is 0.750. The molecule has 0 radical (unpaired) electrons. The molecule has 2 nitrogen and oxygen atoms in total. The molecular formula is C14H14N2S. The van der Waals surface area contributed by atoms with Crippen LogP contribution in [0.1, 0.15) is 19.4 Å². The van der Waals surface area contributed by atoms with Gasteiger partial charge in [-0.05, 0) is 29.7 Å². The Kier molecular flexibility index (Phi) is 5.33. The molecule has 1 rings (SSSR count). The average Bonchev–Trinajstić information content (AvgIpc) is 2.34. The molecule has 0 fully saturated rings. The van der Waals surface area contributed by atoms with Crippen LogP contribution in [0.25, 0.3) is 6.08 Å². The van der Waals surface area contributed by atoms with Gasteiger partial charge in [-0.3, -0.25) is 0 Å². The van der Waals surface area contributed by atoms with Gasteiger partial charge in [-0.15, -0.1) is 11.8 Å². The van der Waals surface area contributed by atoms with E-state index in [9.17, 15) is 0 Å². The van der Waals surface area contributed by atoms with Gasteiger partial charge in [-0.25, -0.2) is 0 Å². The van der Waals surface area contributed by atoms with Crippen molar-refractivity contribution in [2.45, 2.75) is 18.7 Å². The molecule has 86 valence electrons. The summed E-state index contributed by atoms with van der Waals surface area (Å²) in [5.74, 6) is 1.71. The molecule has 0 amide bonds. The van der Waals surface area contributed by atoms with Gasteiger partial charge in [-0.2, -0.15) is 10.5 Å². The van der Waals surface area contributed by atoms with Crippen LogP contribution in [0.15, 0.2) is 34.7 Å². The molecule has 0 aromatic heterocycles. The third-order valence-electron chi connectivity index (χ3n) is 1.99. The van der Waals surface area contributed by atoms with E-state index in [1.165, 1.54) is 4.90 Å². The molecule has 17 heavy (non-hydrogen) atoms. The Balaban J connectivity index is 2.84. The monoisotopic (exact) mass is 242 g/mol. The smallest absolute Gasteiger partial charge is 0.130 e. The van der Waals surface area contributed by atoms with E-state index < -0.39 is 0 Å². The van der Waals surface area contributed by atoms with Gasteiger partial charge >= 0.3 is 0 Å². The first-order valence-corrected chi connectivity index (χ1v) is 6.39. The maximum atomic E-state index is 8.69. The van der Waals surface area contributed by atoms with Crippen molar-refractivity contribution in [2.75, 3.05) is 5.75 Å². The highest BCUT2D eigenvalue weighted by atomic mass is 32.2. The van der Waals surface area contributed by atoms with Gasteiger partial charge in [0.25, 0.3) is 0 Å². The highest BCUT2D eigenvalue weighted by molar-refractivity contribution is 7.99. The number of nitriles is 2. The van der Waals surface area contributed by atoms with E-state index in [-0.39, 0.29) is 5.57 Å². The number of thioether (sulfide) groups is 1. The van der Waals surface area contributed by atoms with Crippen LogP contribution in [0.3, 0.4) is 0 Å². The summed E-state index contributed by atoms with van der Waals surface area (Å²) in [6.07, 6.45) is 1.61. The summed E-state index contributed by atoms with van der Waals surface area (Å²) in [7, 11) is 0. The SMILES string of the molecule is CC(C)CSc1cccc(C=C(C#N)C#N)c1. The molecule has 0 saturated heterocycles. The number of nitrogens with zero attached hydrogens (tertiary/aromatic N) is 2. The van der Waals surface area contributed by atoms with Gasteiger partial charge in [-0.1, -0.05) is 26.0 Å². The van der Waals surface area contributed by atoms with Gasteiger partial charge in [0.2, 0.25) is 0 Å². The zero-order valence-electron chi connectivity index (χ0n) is 9.97. The number of rotatable bonds is 4. The van der Waals surface area contributed by atoms with E-state index in [0.29, 0.717) is 5.92 Å². The molecule has 0 N–H and O–H groups in total. The maximum absolute atomic E-state index is 8.69. The fourth-order valence-corrected chi connectivity index (χ4v) is 2.13. The molecule has 0 aliphatic rings. The van der Waals surface area contributed by atoms with Crippen LogP contribution in [0.5, 0.6) is 0 Å². The predicted octanol–water partition coefficient (Wildman–Crippen LogP) is 3.87. The lowest BCUT2D eigenvalue weighted by Crippen LogP contribution is -1.90. The van der Waals surface area contributed by atoms with Crippen LogP contribution in [0.4, 0.5) is 0 Å². The Morgan fingerprint density at radius 1 is 1.35 bits per heavy atom. The summed E-state index contributed by atoms with van der Waals surface area (Å²) in [6, 6.07) is 11.6. The molecule has 0 spiro atoms.